The third-order valence-corrected chi connectivity index (χ3v) is 9.42. The fourth-order valence-corrected chi connectivity index (χ4v) is 5.42. The highest BCUT2D eigenvalue weighted by atomic mass is 28.3. The first-order chi connectivity index (χ1) is 5.16. The largest absolute Gasteiger partial charge is 0.198 e. The third kappa shape index (κ3) is 2.07. The molecule has 0 spiro atoms. The second kappa shape index (κ2) is 4.56. The van der Waals surface area contributed by atoms with E-state index < -0.39 is 8.07 Å². The molecule has 1 atom stereocenters. The molecule has 0 aromatic carbocycles. The second-order valence-electron chi connectivity index (χ2n) is 3.27. The average Bonchev–Trinajstić information content (AvgIpc) is 2.08. The molecule has 0 N–H and O–H groups in total. The maximum absolute atomic E-state index is 8.85. The van der Waals surface area contributed by atoms with Crippen LogP contribution < -0.4 is 0 Å². The van der Waals surface area contributed by atoms with Gasteiger partial charge in [0.2, 0.25) is 0 Å². The Kier molecular flexibility index (Phi) is 4.44. The number of nitrogens with zero attached hydrogens (tertiary/aromatic N) is 1. The van der Waals surface area contributed by atoms with Gasteiger partial charge in [-0.2, -0.15) is 5.26 Å². The van der Waals surface area contributed by atoms with Crippen molar-refractivity contribution in [2.45, 2.75) is 51.4 Å². The van der Waals surface area contributed by atoms with E-state index in [1.807, 2.05) is 0 Å². The molecule has 1 nitrogen and oxygen atoms in total. The topological polar surface area (TPSA) is 23.8 Å². The molecule has 0 saturated carbocycles. The van der Waals surface area contributed by atoms with Crippen molar-refractivity contribution in [3.8, 4) is 6.07 Å². The summed E-state index contributed by atoms with van der Waals surface area (Å²) in [6.07, 6.45) is 0. The van der Waals surface area contributed by atoms with Crippen molar-refractivity contribution in [3.63, 3.8) is 0 Å². The first kappa shape index (κ1) is 10.7. The van der Waals surface area contributed by atoms with Gasteiger partial charge in [0.25, 0.3) is 0 Å². The van der Waals surface area contributed by atoms with Crippen LogP contribution in [0.25, 0.3) is 0 Å². The van der Waals surface area contributed by atoms with Gasteiger partial charge in [-0.15, -0.1) is 0 Å². The Labute approximate surface area is 71.4 Å². The lowest BCUT2D eigenvalue weighted by Crippen LogP contribution is -2.35. The normalized spacial score (nSPS) is 14.1. The van der Waals surface area contributed by atoms with Crippen LogP contribution in [0, 0.1) is 11.3 Å². The van der Waals surface area contributed by atoms with Crippen LogP contribution in [-0.2, 0) is 0 Å². The lowest BCUT2D eigenvalue weighted by Gasteiger charge is -2.30. The smallest absolute Gasteiger partial charge is 0.0719 e. The minimum Gasteiger partial charge on any atom is -0.198 e. The molecule has 0 radical (unpaired) electrons. The van der Waals surface area contributed by atoms with Crippen LogP contribution in [0.15, 0.2) is 0 Å². The molecular formula is C9H19NSi. The van der Waals surface area contributed by atoms with E-state index in [1.165, 1.54) is 18.1 Å². The van der Waals surface area contributed by atoms with Crippen LogP contribution in [0.4, 0.5) is 0 Å². The summed E-state index contributed by atoms with van der Waals surface area (Å²) in [5, 5.41) is 8.85. The number of rotatable bonds is 4. The maximum Gasteiger partial charge on any atom is 0.0719 e. The fraction of sp³-hybridized carbons (Fsp3) is 0.889. The van der Waals surface area contributed by atoms with Gasteiger partial charge in [0, 0.05) is 5.54 Å². The fourth-order valence-electron chi connectivity index (χ4n) is 1.81. The minimum absolute atomic E-state index is 0.336. The predicted octanol–water partition coefficient (Wildman–Crippen LogP) is 3.41. The van der Waals surface area contributed by atoms with Gasteiger partial charge in [-0.25, -0.2) is 0 Å². The third-order valence-electron chi connectivity index (χ3n) is 3.22. The van der Waals surface area contributed by atoms with Crippen LogP contribution in [0.5, 0.6) is 0 Å². The van der Waals surface area contributed by atoms with E-state index in [2.05, 4.69) is 33.8 Å². The minimum atomic E-state index is -1.18. The van der Waals surface area contributed by atoms with E-state index in [-0.39, 0.29) is 0 Å². The van der Waals surface area contributed by atoms with Crippen molar-refractivity contribution in [2.24, 2.45) is 0 Å². The van der Waals surface area contributed by atoms with E-state index in [4.69, 9.17) is 5.26 Å². The molecule has 2 heteroatoms. The van der Waals surface area contributed by atoms with Crippen molar-refractivity contribution in [2.75, 3.05) is 0 Å². The first-order valence-electron chi connectivity index (χ1n) is 4.56. The van der Waals surface area contributed by atoms with Crippen molar-refractivity contribution >= 4 is 8.07 Å². The van der Waals surface area contributed by atoms with E-state index in [0.29, 0.717) is 5.54 Å². The lowest BCUT2D eigenvalue weighted by atomic mass is 10.5. The molecule has 0 fully saturated rings. The van der Waals surface area contributed by atoms with Gasteiger partial charge >= 0.3 is 0 Å². The Morgan fingerprint density at radius 3 is 1.64 bits per heavy atom. The van der Waals surface area contributed by atoms with Crippen LogP contribution in [0.3, 0.4) is 0 Å². The van der Waals surface area contributed by atoms with Gasteiger partial charge < -0.3 is 0 Å². The standard InChI is InChI=1S/C9H19NSi/c1-5-11(6-2,7-3)9(4)8-10/h9H,5-7H2,1-4H3. The highest BCUT2D eigenvalue weighted by Crippen LogP contribution is 2.32. The van der Waals surface area contributed by atoms with Gasteiger partial charge in [-0.3, -0.25) is 0 Å². The molecule has 0 saturated heterocycles. The zero-order valence-electron chi connectivity index (χ0n) is 8.15. The van der Waals surface area contributed by atoms with Crippen molar-refractivity contribution in [1.29, 1.82) is 5.26 Å². The highest BCUT2D eigenvalue weighted by Gasteiger charge is 2.33. The molecule has 0 aromatic heterocycles. The Morgan fingerprint density at radius 2 is 1.55 bits per heavy atom. The lowest BCUT2D eigenvalue weighted by molar-refractivity contribution is 1.02. The quantitative estimate of drug-likeness (QED) is 0.592. The average molecular weight is 169 g/mol. The Hall–Kier alpha value is -0.293. The summed E-state index contributed by atoms with van der Waals surface area (Å²) in [4.78, 5) is 0. The van der Waals surface area contributed by atoms with Crippen LogP contribution in [0.1, 0.15) is 27.7 Å². The SMILES string of the molecule is CC[Si](CC)(CC)C(C)C#N. The molecule has 0 aliphatic rings. The highest BCUT2D eigenvalue weighted by molar-refractivity contribution is 6.81. The molecule has 11 heavy (non-hydrogen) atoms. The molecule has 0 aromatic rings. The summed E-state index contributed by atoms with van der Waals surface area (Å²) in [7, 11) is -1.18. The van der Waals surface area contributed by atoms with Crippen LogP contribution >= 0.6 is 0 Å². The van der Waals surface area contributed by atoms with Crippen molar-refractivity contribution in [3.05, 3.63) is 0 Å². The zero-order chi connectivity index (χ0) is 8.91. The van der Waals surface area contributed by atoms with E-state index in [9.17, 15) is 0 Å². The summed E-state index contributed by atoms with van der Waals surface area (Å²) in [5.41, 5.74) is 0.336. The Morgan fingerprint density at radius 1 is 1.18 bits per heavy atom. The Balaban J connectivity index is 4.42. The predicted molar refractivity (Wildman–Crippen MR) is 52.2 cm³/mol. The Bertz CT molecular complexity index is 136. The van der Waals surface area contributed by atoms with E-state index in [0.717, 1.165) is 0 Å². The number of nitriles is 1. The summed E-state index contributed by atoms with van der Waals surface area (Å²) in [5.74, 6) is 0. The monoisotopic (exact) mass is 169 g/mol. The summed E-state index contributed by atoms with van der Waals surface area (Å²) in [6.45, 7) is 8.83. The van der Waals surface area contributed by atoms with Gasteiger partial charge in [-0.05, 0) is 0 Å². The van der Waals surface area contributed by atoms with Crippen LogP contribution in [-0.4, -0.2) is 8.07 Å². The molecular weight excluding hydrogens is 150 g/mol. The molecule has 0 aliphatic heterocycles. The molecule has 1 unspecified atom stereocenters. The number of hydrogen-bond acceptors (Lipinski definition) is 1. The summed E-state index contributed by atoms with van der Waals surface area (Å²) in [6, 6.07) is 6.20. The molecule has 64 valence electrons. The number of hydrogen-bond donors (Lipinski definition) is 0. The molecule has 0 heterocycles. The van der Waals surface area contributed by atoms with Gasteiger partial charge in [0.15, 0.2) is 0 Å². The summed E-state index contributed by atoms with van der Waals surface area (Å²) < 4.78 is 0. The van der Waals surface area contributed by atoms with Crippen LogP contribution in [0.2, 0.25) is 23.7 Å². The maximum atomic E-state index is 8.85. The van der Waals surface area contributed by atoms with Gasteiger partial charge in [0.05, 0.1) is 14.1 Å². The first-order valence-corrected chi connectivity index (χ1v) is 7.26. The molecule has 0 bridgehead atoms. The molecule has 0 rings (SSSR count). The summed E-state index contributed by atoms with van der Waals surface area (Å²) >= 11 is 0. The van der Waals surface area contributed by atoms with Crippen molar-refractivity contribution < 1.29 is 0 Å². The molecule has 0 aliphatic carbocycles. The van der Waals surface area contributed by atoms with Gasteiger partial charge in [0.1, 0.15) is 0 Å². The van der Waals surface area contributed by atoms with Gasteiger partial charge in [-0.1, -0.05) is 45.8 Å². The van der Waals surface area contributed by atoms with E-state index in [1.54, 1.807) is 0 Å². The zero-order valence-corrected chi connectivity index (χ0v) is 9.15. The van der Waals surface area contributed by atoms with Crippen molar-refractivity contribution in [1.82, 2.24) is 0 Å². The van der Waals surface area contributed by atoms with E-state index >= 15 is 0 Å². The molecule has 0 amide bonds. The second-order valence-corrected chi connectivity index (χ2v) is 8.99.